The molecule has 3 aromatic rings. The molecule has 1 atom stereocenters. The first-order chi connectivity index (χ1) is 14.6. The van der Waals surface area contributed by atoms with E-state index >= 15 is 0 Å². The van der Waals surface area contributed by atoms with Gasteiger partial charge in [0.05, 0.1) is 14.2 Å². The van der Waals surface area contributed by atoms with Gasteiger partial charge in [-0.25, -0.2) is 0 Å². The number of hydrogen-bond donors (Lipinski definition) is 0. The van der Waals surface area contributed by atoms with Gasteiger partial charge in [0, 0.05) is 17.7 Å². The number of likely N-dealkylation sites (tertiary alicyclic amines) is 1. The third-order valence-electron chi connectivity index (χ3n) is 5.49. The number of carbonyl (C=O) groups excluding carboxylic acids is 1. The summed E-state index contributed by atoms with van der Waals surface area (Å²) in [6, 6.07) is 13.0. The van der Waals surface area contributed by atoms with Gasteiger partial charge in [-0.3, -0.25) is 4.79 Å². The first-order valence-electron chi connectivity index (χ1n) is 10.1. The zero-order valence-corrected chi connectivity index (χ0v) is 17.4. The summed E-state index contributed by atoms with van der Waals surface area (Å²) in [6.45, 7) is 2.77. The van der Waals surface area contributed by atoms with E-state index in [1.165, 1.54) is 5.56 Å². The van der Waals surface area contributed by atoms with E-state index < -0.39 is 0 Å². The topological polar surface area (TPSA) is 77.7 Å². The lowest BCUT2D eigenvalue weighted by molar-refractivity contribution is 0.0710. The van der Waals surface area contributed by atoms with Crippen LogP contribution < -0.4 is 9.47 Å². The Labute approximate surface area is 175 Å². The number of amides is 1. The van der Waals surface area contributed by atoms with E-state index in [1.54, 1.807) is 26.4 Å². The predicted octanol–water partition coefficient (Wildman–Crippen LogP) is 4.29. The summed E-state index contributed by atoms with van der Waals surface area (Å²) in [4.78, 5) is 19.5. The van der Waals surface area contributed by atoms with Gasteiger partial charge in [0.15, 0.2) is 11.5 Å². The molecule has 0 aliphatic carbocycles. The van der Waals surface area contributed by atoms with Crippen molar-refractivity contribution in [1.82, 2.24) is 15.0 Å². The molecule has 1 aliphatic heterocycles. The van der Waals surface area contributed by atoms with Gasteiger partial charge in [-0.15, -0.1) is 0 Å². The van der Waals surface area contributed by atoms with Gasteiger partial charge in [0.1, 0.15) is 6.04 Å². The van der Waals surface area contributed by atoms with Crippen LogP contribution in [-0.2, 0) is 6.42 Å². The Balaban J connectivity index is 1.57. The van der Waals surface area contributed by atoms with E-state index in [0.717, 1.165) is 24.8 Å². The molecule has 1 saturated heterocycles. The summed E-state index contributed by atoms with van der Waals surface area (Å²) in [6.07, 6.45) is 2.64. The number of hydrogen-bond acceptors (Lipinski definition) is 6. The van der Waals surface area contributed by atoms with Crippen LogP contribution in [0.4, 0.5) is 0 Å². The van der Waals surface area contributed by atoms with E-state index in [-0.39, 0.29) is 11.9 Å². The van der Waals surface area contributed by atoms with Crippen LogP contribution in [-0.4, -0.2) is 41.7 Å². The van der Waals surface area contributed by atoms with Crippen molar-refractivity contribution in [3.05, 3.63) is 59.5 Å². The maximum absolute atomic E-state index is 13.1. The van der Waals surface area contributed by atoms with Gasteiger partial charge < -0.3 is 18.9 Å². The molecule has 0 N–H and O–H groups in total. The highest BCUT2D eigenvalue weighted by Crippen LogP contribution is 2.35. The molecule has 1 amide bonds. The number of aryl methyl sites for hydroxylation is 1. The van der Waals surface area contributed by atoms with Crippen LogP contribution in [0, 0.1) is 0 Å². The SMILES string of the molecule is CCc1ccc(C(=O)N2CCCC2c2nc(-c3ccc(OC)c(OC)c3)no2)cc1. The fourth-order valence-corrected chi connectivity index (χ4v) is 3.78. The summed E-state index contributed by atoms with van der Waals surface area (Å²) < 4.78 is 16.2. The van der Waals surface area contributed by atoms with Crippen molar-refractivity contribution in [2.75, 3.05) is 20.8 Å². The van der Waals surface area contributed by atoms with Crippen LogP contribution in [0.2, 0.25) is 0 Å². The Morgan fingerprint density at radius 2 is 1.90 bits per heavy atom. The Bertz CT molecular complexity index is 1030. The van der Waals surface area contributed by atoms with Crippen molar-refractivity contribution in [3.8, 4) is 22.9 Å². The number of nitrogens with zero attached hydrogens (tertiary/aromatic N) is 3. The molecule has 0 radical (unpaired) electrons. The fraction of sp³-hybridized carbons (Fsp3) is 0.348. The molecule has 1 fully saturated rings. The largest absolute Gasteiger partial charge is 0.493 e. The Morgan fingerprint density at radius 3 is 2.60 bits per heavy atom. The minimum Gasteiger partial charge on any atom is -0.493 e. The lowest BCUT2D eigenvalue weighted by atomic mass is 10.1. The van der Waals surface area contributed by atoms with E-state index in [9.17, 15) is 4.79 Å². The van der Waals surface area contributed by atoms with Crippen molar-refractivity contribution in [3.63, 3.8) is 0 Å². The highest BCUT2D eigenvalue weighted by molar-refractivity contribution is 5.94. The van der Waals surface area contributed by atoms with Crippen LogP contribution >= 0.6 is 0 Å². The third-order valence-corrected chi connectivity index (χ3v) is 5.49. The highest BCUT2D eigenvalue weighted by Gasteiger charge is 2.34. The smallest absolute Gasteiger partial charge is 0.254 e. The summed E-state index contributed by atoms with van der Waals surface area (Å²) in [5.74, 6) is 2.13. The average Bonchev–Trinajstić information content (AvgIpc) is 3.47. The van der Waals surface area contributed by atoms with Crippen molar-refractivity contribution in [2.45, 2.75) is 32.2 Å². The number of benzene rings is 2. The monoisotopic (exact) mass is 407 g/mol. The Kier molecular flexibility index (Phi) is 5.70. The average molecular weight is 407 g/mol. The molecule has 0 saturated carbocycles. The first kappa shape index (κ1) is 19.9. The molecule has 1 aliphatic rings. The van der Waals surface area contributed by atoms with Gasteiger partial charge in [-0.05, 0) is 55.2 Å². The third kappa shape index (κ3) is 3.75. The van der Waals surface area contributed by atoms with Gasteiger partial charge in [0.2, 0.25) is 11.7 Å². The normalized spacial score (nSPS) is 16.0. The van der Waals surface area contributed by atoms with Gasteiger partial charge in [-0.2, -0.15) is 4.98 Å². The maximum atomic E-state index is 13.1. The molecule has 156 valence electrons. The van der Waals surface area contributed by atoms with Crippen LogP contribution in [0.15, 0.2) is 47.0 Å². The second-order valence-corrected chi connectivity index (χ2v) is 7.23. The molecule has 2 heterocycles. The number of methoxy groups -OCH3 is 2. The molecule has 4 rings (SSSR count). The molecule has 1 aromatic heterocycles. The highest BCUT2D eigenvalue weighted by atomic mass is 16.5. The van der Waals surface area contributed by atoms with Crippen molar-refractivity contribution < 1.29 is 18.8 Å². The zero-order valence-electron chi connectivity index (χ0n) is 17.4. The molecule has 30 heavy (non-hydrogen) atoms. The summed E-state index contributed by atoms with van der Waals surface area (Å²) in [7, 11) is 3.17. The predicted molar refractivity (Wildman–Crippen MR) is 112 cm³/mol. The summed E-state index contributed by atoms with van der Waals surface area (Å²) in [5, 5.41) is 4.13. The first-order valence-corrected chi connectivity index (χ1v) is 10.1. The van der Waals surface area contributed by atoms with Crippen LogP contribution in [0.5, 0.6) is 11.5 Å². The number of ether oxygens (including phenoxy) is 2. The van der Waals surface area contributed by atoms with Crippen molar-refractivity contribution in [2.24, 2.45) is 0 Å². The minimum atomic E-state index is -0.218. The molecule has 7 nitrogen and oxygen atoms in total. The lowest BCUT2D eigenvalue weighted by Crippen LogP contribution is -2.30. The van der Waals surface area contributed by atoms with E-state index in [0.29, 0.717) is 35.3 Å². The number of carbonyl (C=O) groups is 1. The molecule has 0 bridgehead atoms. The molecular formula is C23H25N3O4. The zero-order chi connectivity index (χ0) is 21.1. The van der Waals surface area contributed by atoms with E-state index in [4.69, 9.17) is 14.0 Å². The quantitative estimate of drug-likeness (QED) is 0.606. The molecule has 0 spiro atoms. The van der Waals surface area contributed by atoms with Crippen molar-refractivity contribution in [1.29, 1.82) is 0 Å². The molecule has 7 heteroatoms. The van der Waals surface area contributed by atoms with E-state index in [2.05, 4.69) is 17.1 Å². The molecular weight excluding hydrogens is 382 g/mol. The van der Waals surface area contributed by atoms with Crippen molar-refractivity contribution >= 4 is 5.91 Å². The van der Waals surface area contributed by atoms with Gasteiger partial charge >= 0.3 is 0 Å². The fourth-order valence-electron chi connectivity index (χ4n) is 3.78. The standard InChI is InChI=1S/C23H25N3O4/c1-4-15-7-9-16(10-8-15)23(27)26-13-5-6-18(26)22-24-21(25-30-22)17-11-12-19(28-2)20(14-17)29-3/h7-12,14,18H,4-6,13H2,1-3H3. The summed E-state index contributed by atoms with van der Waals surface area (Å²) in [5.41, 5.74) is 2.65. The minimum absolute atomic E-state index is 0.00832. The second kappa shape index (κ2) is 8.57. The van der Waals surface area contributed by atoms with Crippen LogP contribution in [0.1, 0.15) is 47.6 Å². The van der Waals surface area contributed by atoms with Gasteiger partial charge in [-0.1, -0.05) is 24.2 Å². The molecule has 2 aromatic carbocycles. The second-order valence-electron chi connectivity index (χ2n) is 7.23. The van der Waals surface area contributed by atoms with E-state index in [1.807, 2.05) is 35.2 Å². The van der Waals surface area contributed by atoms with Gasteiger partial charge in [0.25, 0.3) is 5.91 Å². The van der Waals surface area contributed by atoms with Crippen LogP contribution in [0.3, 0.4) is 0 Å². The number of rotatable bonds is 6. The molecule has 1 unspecified atom stereocenters. The summed E-state index contributed by atoms with van der Waals surface area (Å²) >= 11 is 0. The lowest BCUT2D eigenvalue weighted by Gasteiger charge is -2.22. The Morgan fingerprint density at radius 1 is 1.13 bits per heavy atom. The van der Waals surface area contributed by atoms with Crippen LogP contribution in [0.25, 0.3) is 11.4 Å². The maximum Gasteiger partial charge on any atom is 0.254 e. The number of aromatic nitrogens is 2. The Hall–Kier alpha value is -3.35.